The summed E-state index contributed by atoms with van der Waals surface area (Å²) in [5, 5.41) is 10.1. The Bertz CT molecular complexity index is 144. The average Bonchev–Trinajstić information content (AvgIpc) is 1.42. The molecule has 2 nitrogen and oxygen atoms in total. The number of nitrogens with zero attached hydrogens (tertiary/aromatic N) is 1. The van der Waals surface area contributed by atoms with Crippen molar-refractivity contribution in [1.29, 1.82) is 0 Å². The zero-order valence-electron chi connectivity index (χ0n) is 13.4. The molecule has 0 aromatic heterocycles. The SMILES string of the molecule is CC(C)(C)[O-].C[Si](C)(C)[N-][Si](C)(C)C.[K+].[Na+]. The Morgan fingerprint density at radius 2 is 0.938 bits per heavy atom. The number of rotatable bonds is 2. The van der Waals surface area contributed by atoms with E-state index in [1.807, 2.05) is 0 Å². The molecule has 6 heteroatoms. The summed E-state index contributed by atoms with van der Waals surface area (Å²) in [6.07, 6.45) is 0. The maximum atomic E-state index is 10.1. The normalized spacial score (nSPS) is 11.6. The Balaban J connectivity index is -0.0000000904. The van der Waals surface area contributed by atoms with Crippen LogP contribution >= 0.6 is 0 Å². The van der Waals surface area contributed by atoms with E-state index in [1.54, 1.807) is 20.8 Å². The number of hydrogen-bond acceptors (Lipinski definition) is 1. The molecule has 0 aromatic rings. The molecule has 0 rings (SSSR count). The van der Waals surface area contributed by atoms with Crippen LogP contribution in [0.3, 0.4) is 0 Å². The van der Waals surface area contributed by atoms with E-state index in [1.165, 1.54) is 0 Å². The molecule has 16 heavy (non-hydrogen) atoms. The molecule has 0 N–H and O–H groups in total. The van der Waals surface area contributed by atoms with Crippen LogP contribution in [0.1, 0.15) is 20.8 Å². The van der Waals surface area contributed by atoms with E-state index in [-0.39, 0.29) is 80.9 Å². The molecule has 0 saturated heterocycles. The first-order valence-corrected chi connectivity index (χ1v) is 12.0. The smallest absolute Gasteiger partial charge is 0.850 e. The van der Waals surface area contributed by atoms with Gasteiger partial charge in [-0.15, -0.1) is 5.60 Å². The first kappa shape index (κ1) is 27.4. The Labute approximate surface area is 170 Å². The third-order valence-corrected chi connectivity index (χ3v) is 6.04. The van der Waals surface area contributed by atoms with E-state index in [4.69, 9.17) is 4.65 Å². The zero-order chi connectivity index (χ0) is 12.2. The second kappa shape index (κ2) is 10.7. The molecule has 0 aliphatic rings. The molecule has 0 aromatic carbocycles. The molecule has 0 aliphatic heterocycles. The quantitative estimate of drug-likeness (QED) is 0.507. The molecule has 0 spiro atoms. The van der Waals surface area contributed by atoms with E-state index in [0.717, 1.165) is 0 Å². The fraction of sp³-hybridized carbons (Fsp3) is 1.00. The third kappa shape index (κ3) is 53.7. The van der Waals surface area contributed by atoms with Gasteiger partial charge in [-0.1, -0.05) is 76.5 Å². The van der Waals surface area contributed by atoms with Crippen LogP contribution in [0.5, 0.6) is 0 Å². The van der Waals surface area contributed by atoms with Gasteiger partial charge in [0.15, 0.2) is 0 Å². The van der Waals surface area contributed by atoms with E-state index >= 15 is 0 Å². The molecular weight excluding hydrogens is 268 g/mol. The van der Waals surface area contributed by atoms with Crippen molar-refractivity contribution >= 4 is 16.5 Å². The summed E-state index contributed by atoms with van der Waals surface area (Å²) in [5.41, 5.74) is -0.750. The van der Waals surface area contributed by atoms with Crippen LogP contribution in [0.25, 0.3) is 4.65 Å². The summed E-state index contributed by atoms with van der Waals surface area (Å²) >= 11 is 0. The van der Waals surface area contributed by atoms with Gasteiger partial charge in [0.05, 0.1) is 0 Å². The van der Waals surface area contributed by atoms with Crippen molar-refractivity contribution in [3.63, 3.8) is 0 Å². The summed E-state index contributed by atoms with van der Waals surface area (Å²) in [5.74, 6) is 0. The van der Waals surface area contributed by atoms with Crippen molar-refractivity contribution < 1.29 is 86.0 Å². The van der Waals surface area contributed by atoms with Crippen LogP contribution in [0.2, 0.25) is 39.3 Å². The monoisotopic (exact) mass is 295 g/mol. The predicted octanol–water partition coefficient (Wildman–Crippen LogP) is -2.82. The van der Waals surface area contributed by atoms with Crippen LogP contribution < -0.4 is 86.0 Å². The molecule has 0 amide bonds. The average molecular weight is 296 g/mol. The predicted molar refractivity (Wildman–Crippen MR) is 69.8 cm³/mol. The Morgan fingerprint density at radius 3 is 0.938 bits per heavy atom. The van der Waals surface area contributed by atoms with Gasteiger partial charge in [0.1, 0.15) is 0 Å². The fourth-order valence-corrected chi connectivity index (χ4v) is 9.06. The minimum absolute atomic E-state index is 0. The standard InChI is InChI=1S/C6H18NSi2.C4H9O.K.Na/c1-8(2,3)7-9(4,5)6;1-4(2,3)5;;/h1-6H3;1-3H3;;/q2*-1;2*+1. The Morgan fingerprint density at radius 1 is 0.812 bits per heavy atom. The van der Waals surface area contributed by atoms with Crippen molar-refractivity contribution in [2.24, 2.45) is 0 Å². The summed E-state index contributed by atoms with van der Waals surface area (Å²) in [6.45, 7) is 18.7. The first-order chi connectivity index (χ1) is 5.71. The van der Waals surface area contributed by atoms with Crippen LogP contribution in [-0.2, 0) is 0 Å². The fourth-order valence-electron chi connectivity index (χ4n) is 1.01. The molecule has 0 heterocycles. The van der Waals surface area contributed by atoms with Gasteiger partial charge in [0.2, 0.25) is 0 Å². The van der Waals surface area contributed by atoms with Gasteiger partial charge in [-0.25, -0.2) is 0 Å². The first-order valence-electron chi connectivity index (χ1n) is 5.15. The minimum Gasteiger partial charge on any atom is -0.850 e. The van der Waals surface area contributed by atoms with Gasteiger partial charge in [0, 0.05) is 0 Å². The summed E-state index contributed by atoms with van der Waals surface area (Å²) < 4.78 is 4.82. The zero-order valence-corrected chi connectivity index (χ0v) is 20.5. The molecule has 0 aliphatic carbocycles. The minimum atomic E-state index is -1.11. The van der Waals surface area contributed by atoms with Crippen molar-refractivity contribution in [1.82, 2.24) is 0 Å². The molecule has 0 radical (unpaired) electrons. The molecule has 88 valence electrons. The second-order valence-electron chi connectivity index (χ2n) is 6.57. The summed E-state index contributed by atoms with van der Waals surface area (Å²) in [7, 11) is -2.21. The molecule has 0 saturated carbocycles. The maximum absolute atomic E-state index is 10.1. The topological polar surface area (TPSA) is 37.2 Å². The second-order valence-corrected chi connectivity index (χ2v) is 16.1. The van der Waals surface area contributed by atoms with Crippen LogP contribution in [0.15, 0.2) is 0 Å². The largest absolute Gasteiger partial charge is 1.00 e. The molecule has 0 bridgehead atoms. The number of hydrogen-bond donors (Lipinski definition) is 0. The van der Waals surface area contributed by atoms with Crippen molar-refractivity contribution in [3.8, 4) is 0 Å². The third-order valence-electron chi connectivity index (χ3n) is 0.671. The molecule has 0 atom stereocenters. The van der Waals surface area contributed by atoms with Gasteiger partial charge < -0.3 is 9.75 Å². The maximum Gasteiger partial charge on any atom is 1.00 e. The molecule has 0 unspecified atom stereocenters. The Kier molecular flexibility index (Phi) is 18.4. The van der Waals surface area contributed by atoms with Gasteiger partial charge in [-0.3, -0.25) is 0 Å². The van der Waals surface area contributed by atoms with Crippen LogP contribution in [0, 0.1) is 0 Å². The molecular formula is C10H27KNNaOSi2. The van der Waals surface area contributed by atoms with Crippen LogP contribution in [0.4, 0.5) is 0 Å². The van der Waals surface area contributed by atoms with E-state index < -0.39 is 22.1 Å². The van der Waals surface area contributed by atoms with E-state index in [0.29, 0.717) is 0 Å². The van der Waals surface area contributed by atoms with E-state index in [2.05, 4.69) is 39.3 Å². The molecule has 0 fully saturated rings. The van der Waals surface area contributed by atoms with Crippen molar-refractivity contribution in [2.75, 3.05) is 0 Å². The van der Waals surface area contributed by atoms with Gasteiger partial charge in [-0.2, -0.15) is 0 Å². The van der Waals surface area contributed by atoms with E-state index in [9.17, 15) is 5.11 Å². The Hall–Kier alpha value is 2.99. The van der Waals surface area contributed by atoms with Gasteiger partial charge >= 0.3 is 80.9 Å². The van der Waals surface area contributed by atoms with Gasteiger partial charge in [0.25, 0.3) is 0 Å². The summed E-state index contributed by atoms with van der Waals surface area (Å²) in [6, 6.07) is 0. The van der Waals surface area contributed by atoms with Crippen molar-refractivity contribution in [2.45, 2.75) is 65.7 Å². The summed E-state index contributed by atoms with van der Waals surface area (Å²) in [4.78, 5) is 0. The van der Waals surface area contributed by atoms with Gasteiger partial charge in [-0.05, 0) is 0 Å². The van der Waals surface area contributed by atoms with Crippen LogP contribution in [-0.4, -0.2) is 22.1 Å². The van der Waals surface area contributed by atoms with Crippen molar-refractivity contribution in [3.05, 3.63) is 4.65 Å².